The highest BCUT2D eigenvalue weighted by Gasteiger charge is 2.10. The normalized spacial score (nSPS) is 14.2. The van der Waals surface area contributed by atoms with Gasteiger partial charge in [0.15, 0.2) is 0 Å². The molecule has 88 valence electrons. The van der Waals surface area contributed by atoms with Crippen molar-refractivity contribution in [2.24, 2.45) is 0 Å². The van der Waals surface area contributed by atoms with E-state index in [4.69, 9.17) is 0 Å². The first kappa shape index (κ1) is 11.8. The van der Waals surface area contributed by atoms with Crippen molar-refractivity contribution < 1.29 is 0 Å². The van der Waals surface area contributed by atoms with E-state index in [-0.39, 0.29) is 6.04 Å². The van der Waals surface area contributed by atoms with E-state index in [0.717, 1.165) is 5.69 Å². The maximum atomic E-state index is 4.36. The number of nitrogens with one attached hydrogen (secondary N) is 1. The van der Waals surface area contributed by atoms with Gasteiger partial charge in [-0.3, -0.25) is 4.98 Å². The van der Waals surface area contributed by atoms with Crippen LogP contribution < -0.4 is 5.32 Å². The second-order valence-corrected chi connectivity index (χ2v) is 4.28. The van der Waals surface area contributed by atoms with Crippen molar-refractivity contribution in [3.8, 4) is 0 Å². The Morgan fingerprint density at radius 2 is 1.59 bits per heavy atom. The molecule has 2 unspecified atom stereocenters. The standard InChI is InChI=1S/C15H18N2/c1-12(14-8-4-3-5-9-14)17-13(2)15-10-6-7-11-16-15/h3-13,17H,1-2H3. The first-order valence-electron chi connectivity index (χ1n) is 5.99. The van der Waals surface area contributed by atoms with Crippen molar-refractivity contribution >= 4 is 0 Å². The fraction of sp³-hybridized carbons (Fsp3) is 0.267. The molecule has 0 spiro atoms. The average molecular weight is 226 g/mol. The lowest BCUT2D eigenvalue weighted by atomic mass is 10.1. The first-order valence-corrected chi connectivity index (χ1v) is 5.99. The van der Waals surface area contributed by atoms with E-state index in [2.05, 4.69) is 54.5 Å². The van der Waals surface area contributed by atoms with Gasteiger partial charge in [0, 0.05) is 18.3 Å². The Labute approximate surface area is 103 Å². The zero-order valence-corrected chi connectivity index (χ0v) is 10.3. The average Bonchev–Trinajstić information content (AvgIpc) is 2.40. The second kappa shape index (κ2) is 5.60. The molecule has 0 aliphatic heterocycles. The Balaban J connectivity index is 2.02. The van der Waals surface area contributed by atoms with Gasteiger partial charge in [0.1, 0.15) is 0 Å². The molecule has 2 heteroatoms. The molecule has 2 rings (SSSR count). The van der Waals surface area contributed by atoms with Gasteiger partial charge in [0.2, 0.25) is 0 Å². The third kappa shape index (κ3) is 3.14. The van der Waals surface area contributed by atoms with Crippen LogP contribution in [-0.4, -0.2) is 4.98 Å². The van der Waals surface area contributed by atoms with Crippen LogP contribution in [0.1, 0.15) is 37.2 Å². The lowest BCUT2D eigenvalue weighted by Gasteiger charge is -2.19. The molecule has 0 aliphatic rings. The summed E-state index contributed by atoms with van der Waals surface area (Å²) in [5, 5.41) is 3.55. The molecule has 2 atom stereocenters. The largest absolute Gasteiger partial charge is 0.302 e. The number of aromatic nitrogens is 1. The van der Waals surface area contributed by atoms with Crippen LogP contribution in [0.3, 0.4) is 0 Å². The molecular weight excluding hydrogens is 208 g/mol. The second-order valence-electron chi connectivity index (χ2n) is 4.28. The fourth-order valence-corrected chi connectivity index (χ4v) is 1.93. The summed E-state index contributed by atoms with van der Waals surface area (Å²) >= 11 is 0. The molecule has 0 saturated heterocycles. The Kier molecular flexibility index (Phi) is 3.89. The Morgan fingerprint density at radius 3 is 2.24 bits per heavy atom. The van der Waals surface area contributed by atoms with Gasteiger partial charge in [-0.2, -0.15) is 0 Å². The predicted molar refractivity (Wildman–Crippen MR) is 70.6 cm³/mol. The van der Waals surface area contributed by atoms with Crippen LogP contribution in [0.15, 0.2) is 54.7 Å². The van der Waals surface area contributed by atoms with Crippen molar-refractivity contribution in [2.45, 2.75) is 25.9 Å². The molecule has 0 bridgehead atoms. The highest BCUT2D eigenvalue weighted by molar-refractivity contribution is 5.19. The molecule has 1 N–H and O–H groups in total. The van der Waals surface area contributed by atoms with Gasteiger partial charge in [-0.05, 0) is 31.5 Å². The van der Waals surface area contributed by atoms with Gasteiger partial charge in [-0.1, -0.05) is 36.4 Å². The third-order valence-electron chi connectivity index (χ3n) is 2.93. The van der Waals surface area contributed by atoms with Crippen molar-refractivity contribution in [3.05, 3.63) is 66.0 Å². The van der Waals surface area contributed by atoms with Crippen LogP contribution in [0.5, 0.6) is 0 Å². The smallest absolute Gasteiger partial charge is 0.0570 e. The Morgan fingerprint density at radius 1 is 0.882 bits per heavy atom. The van der Waals surface area contributed by atoms with E-state index in [0.29, 0.717) is 6.04 Å². The lowest BCUT2D eigenvalue weighted by Crippen LogP contribution is -2.23. The van der Waals surface area contributed by atoms with Gasteiger partial charge in [-0.15, -0.1) is 0 Å². The molecule has 17 heavy (non-hydrogen) atoms. The summed E-state index contributed by atoms with van der Waals surface area (Å²) in [5.41, 5.74) is 2.38. The van der Waals surface area contributed by atoms with Crippen molar-refractivity contribution in [2.75, 3.05) is 0 Å². The minimum Gasteiger partial charge on any atom is -0.302 e. The van der Waals surface area contributed by atoms with Crippen LogP contribution in [0.2, 0.25) is 0 Å². The van der Waals surface area contributed by atoms with Gasteiger partial charge in [0.05, 0.1) is 5.69 Å². The summed E-state index contributed by atoms with van der Waals surface area (Å²) in [7, 11) is 0. The minimum atomic E-state index is 0.256. The van der Waals surface area contributed by atoms with Gasteiger partial charge in [0.25, 0.3) is 0 Å². The van der Waals surface area contributed by atoms with Gasteiger partial charge in [-0.25, -0.2) is 0 Å². The summed E-state index contributed by atoms with van der Waals surface area (Å²) in [6.45, 7) is 4.32. The van der Waals surface area contributed by atoms with Crippen LogP contribution in [0, 0.1) is 0 Å². The van der Waals surface area contributed by atoms with Crippen molar-refractivity contribution in [3.63, 3.8) is 0 Å². The van der Waals surface area contributed by atoms with Crippen molar-refractivity contribution in [1.82, 2.24) is 10.3 Å². The molecule has 2 aromatic rings. The van der Waals surface area contributed by atoms with Crippen molar-refractivity contribution in [1.29, 1.82) is 0 Å². The van der Waals surface area contributed by atoms with E-state index in [1.54, 1.807) is 0 Å². The molecule has 2 nitrogen and oxygen atoms in total. The van der Waals surface area contributed by atoms with Crippen LogP contribution >= 0.6 is 0 Å². The number of hydrogen-bond acceptors (Lipinski definition) is 2. The molecule has 0 saturated carbocycles. The monoisotopic (exact) mass is 226 g/mol. The molecule has 0 amide bonds. The lowest BCUT2D eigenvalue weighted by molar-refractivity contribution is 0.486. The summed E-state index contributed by atoms with van der Waals surface area (Å²) < 4.78 is 0. The summed E-state index contributed by atoms with van der Waals surface area (Å²) in [6, 6.07) is 17.1. The van der Waals surface area contributed by atoms with Crippen LogP contribution in [-0.2, 0) is 0 Å². The quantitative estimate of drug-likeness (QED) is 0.863. The molecule has 1 aromatic heterocycles. The van der Waals surface area contributed by atoms with E-state index in [1.807, 2.05) is 24.4 Å². The summed E-state index contributed by atoms with van der Waals surface area (Å²) in [4.78, 5) is 4.36. The molecule has 0 fully saturated rings. The predicted octanol–water partition coefficient (Wildman–Crippen LogP) is 3.49. The molecule has 0 radical (unpaired) electrons. The number of benzene rings is 1. The topological polar surface area (TPSA) is 24.9 Å². The van der Waals surface area contributed by atoms with Gasteiger partial charge >= 0.3 is 0 Å². The zero-order valence-electron chi connectivity index (χ0n) is 10.3. The maximum Gasteiger partial charge on any atom is 0.0570 e. The van der Waals surface area contributed by atoms with E-state index >= 15 is 0 Å². The summed E-state index contributed by atoms with van der Waals surface area (Å²) in [6.07, 6.45) is 1.83. The summed E-state index contributed by atoms with van der Waals surface area (Å²) in [5.74, 6) is 0. The highest BCUT2D eigenvalue weighted by Crippen LogP contribution is 2.17. The first-order chi connectivity index (χ1) is 8.27. The number of rotatable bonds is 4. The Hall–Kier alpha value is -1.67. The van der Waals surface area contributed by atoms with Crippen LogP contribution in [0.25, 0.3) is 0 Å². The molecule has 0 aliphatic carbocycles. The SMILES string of the molecule is CC(NC(C)c1ccccn1)c1ccccc1. The number of hydrogen-bond donors (Lipinski definition) is 1. The number of pyridine rings is 1. The third-order valence-corrected chi connectivity index (χ3v) is 2.93. The van der Waals surface area contributed by atoms with E-state index < -0.39 is 0 Å². The molecular formula is C15H18N2. The zero-order chi connectivity index (χ0) is 12.1. The van der Waals surface area contributed by atoms with Gasteiger partial charge < -0.3 is 5.32 Å². The van der Waals surface area contributed by atoms with E-state index in [1.165, 1.54) is 5.56 Å². The fourth-order valence-electron chi connectivity index (χ4n) is 1.93. The van der Waals surface area contributed by atoms with Crippen LogP contribution in [0.4, 0.5) is 0 Å². The molecule has 1 heterocycles. The maximum absolute atomic E-state index is 4.36. The minimum absolute atomic E-state index is 0.256. The number of nitrogens with zero attached hydrogens (tertiary/aromatic N) is 1. The van der Waals surface area contributed by atoms with E-state index in [9.17, 15) is 0 Å². The molecule has 1 aromatic carbocycles. The Bertz CT molecular complexity index is 395. The highest BCUT2D eigenvalue weighted by atomic mass is 15.0.